The van der Waals surface area contributed by atoms with E-state index in [1.807, 2.05) is 32.6 Å². The van der Waals surface area contributed by atoms with Crippen LogP contribution in [0, 0.1) is 12.8 Å². The summed E-state index contributed by atoms with van der Waals surface area (Å²) in [5, 5.41) is 3.36. The molecule has 1 amide bonds. The molecule has 1 unspecified atom stereocenters. The van der Waals surface area contributed by atoms with Crippen LogP contribution >= 0.6 is 0 Å². The van der Waals surface area contributed by atoms with Gasteiger partial charge in [0.05, 0.1) is 12.7 Å². The minimum Gasteiger partial charge on any atom is -0.445 e. The first-order chi connectivity index (χ1) is 10.3. The highest BCUT2D eigenvalue weighted by Gasteiger charge is 2.27. The fraction of sp³-hybridized carbons (Fsp3) is 0.750. The second-order valence-electron chi connectivity index (χ2n) is 6.93. The number of amides is 1. The van der Waals surface area contributed by atoms with E-state index in [-0.39, 0.29) is 6.09 Å². The third-order valence-electron chi connectivity index (χ3n) is 3.55. The molecule has 2 heterocycles. The number of rotatable bonds is 4. The highest BCUT2D eigenvalue weighted by atomic mass is 16.6. The minimum absolute atomic E-state index is 0.208. The lowest BCUT2D eigenvalue weighted by Crippen LogP contribution is -2.45. The van der Waals surface area contributed by atoms with Gasteiger partial charge in [0.1, 0.15) is 11.4 Å². The summed E-state index contributed by atoms with van der Waals surface area (Å²) in [7, 11) is 0. The van der Waals surface area contributed by atoms with Crippen LogP contribution in [0.25, 0.3) is 0 Å². The summed E-state index contributed by atoms with van der Waals surface area (Å²) in [6.45, 7) is 10.6. The largest absolute Gasteiger partial charge is 0.445 e. The predicted molar refractivity (Wildman–Crippen MR) is 83.5 cm³/mol. The highest BCUT2D eigenvalue weighted by molar-refractivity contribution is 5.68. The molecule has 0 bridgehead atoms. The fourth-order valence-electron chi connectivity index (χ4n) is 2.59. The number of carbonyl (C=O) groups is 1. The Bertz CT molecular complexity index is 493. The average Bonchev–Trinajstić information content (AvgIpc) is 2.83. The van der Waals surface area contributed by atoms with E-state index in [2.05, 4.69) is 10.3 Å². The van der Waals surface area contributed by atoms with E-state index in [1.165, 1.54) is 0 Å². The third kappa shape index (κ3) is 5.33. The second kappa shape index (κ2) is 7.13. The van der Waals surface area contributed by atoms with Gasteiger partial charge >= 0.3 is 6.09 Å². The molecule has 2 rings (SSSR count). The van der Waals surface area contributed by atoms with Crippen LogP contribution in [-0.4, -0.2) is 41.2 Å². The van der Waals surface area contributed by atoms with Gasteiger partial charge in [-0.3, -0.25) is 0 Å². The summed E-state index contributed by atoms with van der Waals surface area (Å²) >= 11 is 0. The third-order valence-corrected chi connectivity index (χ3v) is 3.55. The summed E-state index contributed by atoms with van der Waals surface area (Å²) in [5.41, 5.74) is -0.439. The molecule has 1 aliphatic heterocycles. The van der Waals surface area contributed by atoms with E-state index >= 15 is 0 Å². The maximum Gasteiger partial charge on any atom is 0.410 e. The molecule has 1 aromatic heterocycles. The fourth-order valence-corrected chi connectivity index (χ4v) is 2.59. The number of carbonyl (C=O) groups excluding carboxylic acids is 1. The van der Waals surface area contributed by atoms with Crippen molar-refractivity contribution < 1.29 is 13.9 Å². The summed E-state index contributed by atoms with van der Waals surface area (Å²) in [5.74, 6) is 1.97. The molecule has 1 N–H and O–H groups in total. The van der Waals surface area contributed by atoms with E-state index in [9.17, 15) is 4.79 Å². The number of oxazole rings is 1. The van der Waals surface area contributed by atoms with Crippen molar-refractivity contribution in [3.63, 3.8) is 0 Å². The SMILES string of the molecule is Cc1cnc(CNCC2CCCN(C(=O)OC(C)(C)C)C2)o1. The van der Waals surface area contributed by atoms with Gasteiger partial charge in [0, 0.05) is 19.6 Å². The summed E-state index contributed by atoms with van der Waals surface area (Å²) in [6.07, 6.45) is 3.66. The molecule has 0 saturated carbocycles. The molecular weight excluding hydrogens is 282 g/mol. The number of aryl methyl sites for hydroxylation is 1. The number of likely N-dealkylation sites (tertiary alicyclic amines) is 1. The maximum absolute atomic E-state index is 12.1. The number of hydrogen-bond donors (Lipinski definition) is 1. The number of nitrogens with one attached hydrogen (secondary N) is 1. The molecule has 0 aliphatic carbocycles. The second-order valence-corrected chi connectivity index (χ2v) is 6.93. The number of hydrogen-bond acceptors (Lipinski definition) is 5. The summed E-state index contributed by atoms with van der Waals surface area (Å²) in [6, 6.07) is 0. The highest BCUT2D eigenvalue weighted by Crippen LogP contribution is 2.19. The molecule has 0 aromatic carbocycles. The Balaban J connectivity index is 1.74. The quantitative estimate of drug-likeness (QED) is 0.926. The molecule has 1 saturated heterocycles. The van der Waals surface area contributed by atoms with Crippen molar-refractivity contribution in [2.75, 3.05) is 19.6 Å². The zero-order valence-corrected chi connectivity index (χ0v) is 14.0. The topological polar surface area (TPSA) is 67.6 Å². The van der Waals surface area contributed by atoms with Gasteiger partial charge in [-0.05, 0) is 46.5 Å². The van der Waals surface area contributed by atoms with E-state index in [0.717, 1.165) is 38.2 Å². The molecule has 0 spiro atoms. The van der Waals surface area contributed by atoms with Gasteiger partial charge in [0.25, 0.3) is 0 Å². The first-order valence-corrected chi connectivity index (χ1v) is 7.93. The molecule has 1 atom stereocenters. The molecular formula is C16H27N3O3. The van der Waals surface area contributed by atoms with Crippen LogP contribution in [0.3, 0.4) is 0 Å². The van der Waals surface area contributed by atoms with Gasteiger partial charge in [0.2, 0.25) is 5.89 Å². The number of aromatic nitrogens is 1. The molecule has 1 aliphatic rings. The molecule has 124 valence electrons. The van der Waals surface area contributed by atoms with Gasteiger partial charge in [0.15, 0.2) is 0 Å². The number of ether oxygens (including phenoxy) is 1. The van der Waals surface area contributed by atoms with Crippen LogP contribution in [0.4, 0.5) is 4.79 Å². The van der Waals surface area contributed by atoms with Crippen LogP contribution in [0.1, 0.15) is 45.3 Å². The molecule has 6 heteroatoms. The van der Waals surface area contributed by atoms with Gasteiger partial charge < -0.3 is 19.4 Å². The lowest BCUT2D eigenvalue weighted by atomic mass is 9.98. The molecule has 1 aromatic rings. The zero-order chi connectivity index (χ0) is 16.2. The molecule has 1 fully saturated rings. The number of nitrogens with zero attached hydrogens (tertiary/aromatic N) is 2. The summed E-state index contributed by atoms with van der Waals surface area (Å²) in [4.78, 5) is 18.1. The van der Waals surface area contributed by atoms with Gasteiger partial charge in [-0.15, -0.1) is 0 Å². The molecule has 22 heavy (non-hydrogen) atoms. The van der Waals surface area contributed by atoms with Crippen molar-refractivity contribution in [2.24, 2.45) is 5.92 Å². The number of piperidine rings is 1. The van der Waals surface area contributed by atoms with Gasteiger partial charge in [-0.25, -0.2) is 9.78 Å². The minimum atomic E-state index is -0.439. The zero-order valence-electron chi connectivity index (χ0n) is 14.0. The Morgan fingerprint density at radius 3 is 2.95 bits per heavy atom. The molecule has 0 radical (unpaired) electrons. The van der Waals surface area contributed by atoms with Crippen molar-refractivity contribution in [3.8, 4) is 0 Å². The van der Waals surface area contributed by atoms with Crippen LogP contribution < -0.4 is 5.32 Å². The lowest BCUT2D eigenvalue weighted by Gasteiger charge is -2.34. The van der Waals surface area contributed by atoms with E-state index in [0.29, 0.717) is 18.4 Å². The molecule has 6 nitrogen and oxygen atoms in total. The maximum atomic E-state index is 12.1. The first-order valence-electron chi connectivity index (χ1n) is 7.93. The first kappa shape index (κ1) is 16.8. The van der Waals surface area contributed by atoms with Gasteiger partial charge in [-0.2, -0.15) is 0 Å². The Hall–Kier alpha value is -1.56. The van der Waals surface area contributed by atoms with E-state index < -0.39 is 5.60 Å². The average molecular weight is 309 g/mol. The standard InChI is InChI=1S/C16H27N3O3/c1-12-8-18-14(21-12)10-17-9-13-6-5-7-19(11-13)15(20)22-16(2,3)4/h8,13,17H,5-7,9-11H2,1-4H3. The van der Waals surface area contributed by atoms with Crippen LogP contribution in [0.15, 0.2) is 10.6 Å². The monoisotopic (exact) mass is 309 g/mol. The van der Waals surface area contributed by atoms with Crippen LogP contribution in [-0.2, 0) is 11.3 Å². The van der Waals surface area contributed by atoms with Crippen molar-refractivity contribution in [1.29, 1.82) is 0 Å². The Kier molecular flexibility index (Phi) is 5.45. The van der Waals surface area contributed by atoms with E-state index in [4.69, 9.17) is 9.15 Å². The smallest absolute Gasteiger partial charge is 0.410 e. The van der Waals surface area contributed by atoms with Crippen molar-refractivity contribution in [3.05, 3.63) is 17.8 Å². The van der Waals surface area contributed by atoms with Crippen molar-refractivity contribution in [2.45, 2.75) is 52.7 Å². The lowest BCUT2D eigenvalue weighted by molar-refractivity contribution is 0.0166. The summed E-state index contributed by atoms with van der Waals surface area (Å²) < 4.78 is 10.9. The van der Waals surface area contributed by atoms with Crippen LogP contribution in [0.2, 0.25) is 0 Å². The predicted octanol–water partition coefficient (Wildman–Crippen LogP) is 2.72. The van der Waals surface area contributed by atoms with Crippen LogP contribution in [0.5, 0.6) is 0 Å². The Morgan fingerprint density at radius 1 is 1.55 bits per heavy atom. The van der Waals surface area contributed by atoms with Crippen molar-refractivity contribution in [1.82, 2.24) is 15.2 Å². The normalized spacial score (nSPS) is 19.3. The van der Waals surface area contributed by atoms with Gasteiger partial charge in [-0.1, -0.05) is 0 Å². The van der Waals surface area contributed by atoms with Crippen molar-refractivity contribution >= 4 is 6.09 Å². The Labute approximate surface area is 132 Å². The Morgan fingerprint density at radius 2 is 2.32 bits per heavy atom. The van der Waals surface area contributed by atoms with E-state index in [1.54, 1.807) is 6.20 Å².